The zero-order valence-corrected chi connectivity index (χ0v) is 23.7. The highest BCUT2D eigenvalue weighted by molar-refractivity contribution is 7.51. The molecule has 13 heteroatoms. The van der Waals surface area contributed by atoms with E-state index in [9.17, 15) is 9.36 Å². The molecular weight excluding hydrogens is 521 g/mol. The van der Waals surface area contributed by atoms with Crippen LogP contribution >= 0.6 is 7.75 Å². The zero-order chi connectivity index (χ0) is 28.4. The second-order valence-electron chi connectivity index (χ2n) is 11.3. The van der Waals surface area contributed by atoms with E-state index in [4.69, 9.17) is 25.1 Å². The van der Waals surface area contributed by atoms with Crippen molar-refractivity contribution in [2.24, 2.45) is 16.8 Å². The Kier molecular flexibility index (Phi) is 8.13. The molecular formula is C26H36N7O5P. The Balaban J connectivity index is 1.38. The average molecular weight is 558 g/mol. The van der Waals surface area contributed by atoms with Crippen LogP contribution in [-0.4, -0.2) is 44.2 Å². The van der Waals surface area contributed by atoms with Crippen LogP contribution in [0.2, 0.25) is 0 Å². The maximum absolute atomic E-state index is 13.3. The summed E-state index contributed by atoms with van der Waals surface area (Å²) in [5.74, 6) is -0.650. The number of imidazole rings is 1. The fraction of sp³-hybridized carbons (Fsp3) is 0.462. The van der Waals surface area contributed by atoms with Gasteiger partial charge >= 0.3 is 13.7 Å². The van der Waals surface area contributed by atoms with Gasteiger partial charge in [-0.3, -0.25) is 9.36 Å². The Morgan fingerprint density at radius 1 is 1.13 bits per heavy atom. The summed E-state index contributed by atoms with van der Waals surface area (Å²) in [6.45, 7) is 9.61. The number of aromatic nitrogens is 4. The first-order valence-electron chi connectivity index (χ1n) is 12.6. The van der Waals surface area contributed by atoms with Gasteiger partial charge in [0.1, 0.15) is 11.8 Å². The molecule has 0 radical (unpaired) electrons. The Labute approximate surface area is 227 Å². The summed E-state index contributed by atoms with van der Waals surface area (Å²) in [5, 5.41) is 1.45. The zero-order valence-electron chi connectivity index (χ0n) is 22.9. The largest absolute Gasteiger partial charge is 0.458 e. The van der Waals surface area contributed by atoms with Gasteiger partial charge in [-0.15, -0.1) is 0 Å². The van der Waals surface area contributed by atoms with Crippen LogP contribution in [0.15, 0.2) is 55.1 Å². The van der Waals surface area contributed by atoms with E-state index in [1.165, 1.54) is 11.4 Å². The summed E-state index contributed by atoms with van der Waals surface area (Å²) in [4.78, 5) is 31.8. The third kappa shape index (κ3) is 6.83. The van der Waals surface area contributed by atoms with E-state index < -0.39 is 19.3 Å². The number of nitrogens with zero attached hydrogens (tertiary/aromatic N) is 5. The molecule has 2 heterocycles. The second-order valence-corrected chi connectivity index (χ2v) is 12.8. The van der Waals surface area contributed by atoms with Crippen molar-refractivity contribution in [1.82, 2.24) is 19.5 Å². The number of hydroxylamine groups is 1. The number of carbonyl (C=O) groups is 1. The summed E-state index contributed by atoms with van der Waals surface area (Å²) in [6.07, 6.45) is 7.59. The van der Waals surface area contributed by atoms with E-state index in [2.05, 4.69) is 15.0 Å². The maximum atomic E-state index is 13.3. The number of rotatable bonds is 10. The molecule has 210 valence electrons. The van der Waals surface area contributed by atoms with E-state index in [1.807, 2.05) is 67.8 Å². The van der Waals surface area contributed by atoms with Crippen molar-refractivity contribution in [1.29, 1.82) is 0 Å². The van der Waals surface area contributed by atoms with Gasteiger partial charge in [-0.1, -0.05) is 51.1 Å². The van der Waals surface area contributed by atoms with Crippen LogP contribution in [0.3, 0.4) is 0 Å². The van der Waals surface area contributed by atoms with Crippen LogP contribution in [0.25, 0.3) is 11.2 Å². The summed E-state index contributed by atoms with van der Waals surface area (Å²) in [6, 6.07) is 9.08. The molecule has 1 aliphatic carbocycles. The molecule has 0 aliphatic heterocycles. The molecule has 0 bridgehead atoms. The van der Waals surface area contributed by atoms with E-state index in [-0.39, 0.29) is 24.0 Å². The number of fused-ring (bicyclic) bond motifs is 1. The number of anilines is 2. The van der Waals surface area contributed by atoms with Gasteiger partial charge in [-0.05, 0) is 37.8 Å². The van der Waals surface area contributed by atoms with Crippen molar-refractivity contribution in [2.45, 2.75) is 52.6 Å². The molecule has 3 atom stereocenters. The molecule has 1 aliphatic rings. The molecule has 12 nitrogen and oxygen atoms in total. The molecule has 39 heavy (non-hydrogen) atoms. The van der Waals surface area contributed by atoms with Crippen molar-refractivity contribution in [2.75, 3.05) is 24.0 Å². The van der Waals surface area contributed by atoms with Crippen molar-refractivity contribution in [3.05, 3.63) is 55.1 Å². The third-order valence-corrected chi connectivity index (χ3v) is 7.13. The molecule has 4 rings (SSSR count). The number of allylic oxidation sites excluding steroid dienone is 1. The number of nitrogens with two attached hydrogens (primary N) is 2. The Bertz CT molecular complexity index is 1390. The van der Waals surface area contributed by atoms with Gasteiger partial charge in [-0.25, -0.2) is 34.9 Å². The van der Waals surface area contributed by atoms with Crippen LogP contribution in [0, 0.1) is 11.3 Å². The Hall–Kier alpha value is -3.31. The standard InChI is InChI=1S/C26H36N7O5P/c1-25(2,3)15-36-33(19-9-7-6-8-10-19)26(4,5)24(34)38-39(28,35)37-14-18-11-12-20(13-18)32-17-31-21-22(27)29-16-30-23(21)32/h6-12,16-18,20H,13-15H2,1-5H3,(H2,28,35)(H2,27,29,30)/t18-,20+,39?/m0/s1. The first-order chi connectivity index (χ1) is 18.3. The first-order valence-corrected chi connectivity index (χ1v) is 14.2. The summed E-state index contributed by atoms with van der Waals surface area (Å²) in [7, 11) is -4.23. The fourth-order valence-corrected chi connectivity index (χ4v) is 5.02. The maximum Gasteiger partial charge on any atom is 0.458 e. The monoisotopic (exact) mass is 557 g/mol. The first kappa shape index (κ1) is 28.7. The minimum atomic E-state index is -4.23. The van der Waals surface area contributed by atoms with Crippen LogP contribution in [0.4, 0.5) is 11.5 Å². The van der Waals surface area contributed by atoms with Crippen molar-refractivity contribution >= 4 is 36.4 Å². The number of hydrogen-bond acceptors (Lipinski definition) is 10. The molecule has 0 spiro atoms. The lowest BCUT2D eigenvalue weighted by atomic mass is 9.99. The van der Waals surface area contributed by atoms with Crippen LogP contribution < -0.4 is 16.3 Å². The molecule has 0 fully saturated rings. The predicted molar refractivity (Wildman–Crippen MR) is 148 cm³/mol. The lowest BCUT2D eigenvalue weighted by Gasteiger charge is -2.38. The molecule has 4 N–H and O–H groups in total. The van der Waals surface area contributed by atoms with Gasteiger partial charge < -0.3 is 14.8 Å². The molecule has 1 aromatic carbocycles. The Morgan fingerprint density at radius 2 is 1.85 bits per heavy atom. The minimum Gasteiger partial charge on any atom is -0.382 e. The number of para-hydroxylation sites is 1. The highest BCUT2D eigenvalue weighted by Crippen LogP contribution is 2.43. The van der Waals surface area contributed by atoms with E-state index in [0.717, 1.165) is 0 Å². The number of carbonyl (C=O) groups excluding carboxylic acids is 1. The molecule has 1 unspecified atom stereocenters. The van der Waals surface area contributed by atoms with E-state index >= 15 is 0 Å². The molecule has 0 saturated heterocycles. The van der Waals surface area contributed by atoms with E-state index in [0.29, 0.717) is 35.7 Å². The lowest BCUT2D eigenvalue weighted by molar-refractivity contribution is -0.144. The molecule has 2 aromatic heterocycles. The molecule has 3 aromatic rings. The van der Waals surface area contributed by atoms with Gasteiger partial charge in [0.2, 0.25) is 0 Å². The average Bonchev–Trinajstić information content (AvgIpc) is 3.50. The normalized spacial score (nSPS) is 19.2. The highest BCUT2D eigenvalue weighted by Gasteiger charge is 2.42. The van der Waals surface area contributed by atoms with Crippen molar-refractivity contribution in [3.63, 3.8) is 0 Å². The second kappa shape index (κ2) is 11.1. The minimum absolute atomic E-state index is 0.00115. The van der Waals surface area contributed by atoms with Crippen LogP contribution in [-0.2, 0) is 23.2 Å². The number of nitrogen functional groups attached to an aromatic ring is 1. The smallest absolute Gasteiger partial charge is 0.382 e. The summed E-state index contributed by atoms with van der Waals surface area (Å²) < 4.78 is 25.6. The van der Waals surface area contributed by atoms with E-state index in [1.54, 1.807) is 20.2 Å². The van der Waals surface area contributed by atoms with Crippen molar-refractivity contribution < 1.29 is 23.2 Å². The quantitative estimate of drug-likeness (QED) is 0.206. The topological polar surface area (TPSA) is 161 Å². The lowest BCUT2D eigenvalue weighted by Crippen LogP contribution is -2.52. The summed E-state index contributed by atoms with van der Waals surface area (Å²) in [5.41, 5.74) is 12.0. The Morgan fingerprint density at radius 3 is 2.54 bits per heavy atom. The fourth-order valence-electron chi connectivity index (χ4n) is 4.11. The number of benzene rings is 1. The van der Waals surface area contributed by atoms with Gasteiger partial charge in [0.25, 0.3) is 0 Å². The number of hydrogen-bond donors (Lipinski definition) is 2. The highest BCUT2D eigenvalue weighted by atomic mass is 31.2. The molecule has 0 amide bonds. The van der Waals surface area contributed by atoms with Gasteiger partial charge in [0.15, 0.2) is 17.0 Å². The van der Waals surface area contributed by atoms with Gasteiger partial charge in [-0.2, -0.15) is 0 Å². The SMILES string of the molecule is CC(C)(C)CON(c1ccccc1)C(C)(C)C(=O)OP(N)(=O)OC[C@H]1C=C[C@@H](n2cnc3c(N)ncnc32)C1. The predicted octanol–water partition coefficient (Wildman–Crippen LogP) is 4.42. The molecule has 0 saturated carbocycles. The van der Waals surface area contributed by atoms with Gasteiger partial charge in [0, 0.05) is 5.92 Å². The van der Waals surface area contributed by atoms with Gasteiger partial charge in [0.05, 0.1) is 31.3 Å². The summed E-state index contributed by atoms with van der Waals surface area (Å²) >= 11 is 0. The van der Waals surface area contributed by atoms with Crippen LogP contribution in [0.5, 0.6) is 0 Å². The third-order valence-electron chi connectivity index (χ3n) is 6.20. The van der Waals surface area contributed by atoms with Crippen molar-refractivity contribution in [3.8, 4) is 0 Å². The van der Waals surface area contributed by atoms with Crippen LogP contribution in [0.1, 0.15) is 47.1 Å².